The fourth-order valence-electron chi connectivity index (χ4n) is 2.96. The smallest absolute Gasteiger partial charge is 0.408 e. The quantitative estimate of drug-likeness (QED) is 0.550. The Morgan fingerprint density at radius 1 is 1.19 bits per heavy atom. The summed E-state index contributed by atoms with van der Waals surface area (Å²) in [7, 11) is 0. The molecule has 176 valence electrons. The first-order valence-electron chi connectivity index (χ1n) is 10.3. The number of carbonyl (C=O) groups excluding carboxylic acids is 3. The highest BCUT2D eigenvalue weighted by atomic mass is 16.6. The van der Waals surface area contributed by atoms with Crippen molar-refractivity contribution < 1.29 is 24.2 Å². The standard InChI is InChI=1S/C23H34N4O5/c1-15-9-8-10-16(13-15)18(19(29)26-22(2,3)4)27(12-11-24)20(30)17(14-28)25-21(31)32-23(5,6)7/h8-10,13,17-18,28H,12,14H2,1-7H3,(H,25,31)(H,26,29). The lowest BCUT2D eigenvalue weighted by molar-refractivity contribution is -0.143. The van der Waals surface area contributed by atoms with Gasteiger partial charge in [-0.25, -0.2) is 4.79 Å². The van der Waals surface area contributed by atoms with Gasteiger partial charge in [0.25, 0.3) is 0 Å². The number of rotatable bonds is 7. The van der Waals surface area contributed by atoms with E-state index in [9.17, 15) is 24.8 Å². The first kappa shape index (κ1) is 26.9. The molecule has 0 spiro atoms. The van der Waals surface area contributed by atoms with Crippen molar-refractivity contribution in [3.63, 3.8) is 0 Å². The van der Waals surface area contributed by atoms with Gasteiger partial charge < -0.3 is 25.4 Å². The second kappa shape index (κ2) is 11.0. The number of alkyl carbamates (subject to hydrolysis) is 1. The molecule has 1 aromatic carbocycles. The van der Waals surface area contributed by atoms with Gasteiger partial charge in [-0.3, -0.25) is 9.59 Å². The molecule has 0 aliphatic rings. The van der Waals surface area contributed by atoms with E-state index in [1.165, 1.54) is 0 Å². The van der Waals surface area contributed by atoms with E-state index in [1.807, 2.05) is 19.1 Å². The molecule has 0 aromatic heterocycles. The van der Waals surface area contributed by atoms with Gasteiger partial charge in [0.15, 0.2) is 0 Å². The Bertz CT molecular complexity index is 864. The highest BCUT2D eigenvalue weighted by Gasteiger charge is 2.37. The number of nitrogens with one attached hydrogen (secondary N) is 2. The van der Waals surface area contributed by atoms with Gasteiger partial charge in [-0.1, -0.05) is 29.8 Å². The molecule has 3 N–H and O–H groups in total. The molecule has 9 heteroatoms. The number of ether oxygens (including phenoxy) is 1. The largest absolute Gasteiger partial charge is 0.444 e. The van der Waals surface area contributed by atoms with Crippen LogP contribution in [0.3, 0.4) is 0 Å². The van der Waals surface area contributed by atoms with E-state index >= 15 is 0 Å². The van der Waals surface area contributed by atoms with E-state index in [2.05, 4.69) is 10.6 Å². The fraction of sp³-hybridized carbons (Fsp3) is 0.565. The molecule has 9 nitrogen and oxygen atoms in total. The Balaban J connectivity index is 3.36. The van der Waals surface area contributed by atoms with Crippen LogP contribution in [0.25, 0.3) is 0 Å². The van der Waals surface area contributed by atoms with Crippen molar-refractivity contribution in [1.82, 2.24) is 15.5 Å². The molecule has 2 unspecified atom stereocenters. The third-order valence-electron chi connectivity index (χ3n) is 4.11. The summed E-state index contributed by atoms with van der Waals surface area (Å²) in [5.41, 5.74) is -0.0303. The Hall–Kier alpha value is -3.12. The number of amides is 3. The van der Waals surface area contributed by atoms with Crippen LogP contribution in [0.15, 0.2) is 24.3 Å². The molecular formula is C23H34N4O5. The number of aliphatic hydroxyl groups excluding tert-OH is 1. The zero-order valence-electron chi connectivity index (χ0n) is 19.9. The van der Waals surface area contributed by atoms with Gasteiger partial charge in [0.2, 0.25) is 11.8 Å². The van der Waals surface area contributed by atoms with E-state index in [0.717, 1.165) is 10.5 Å². The Labute approximate surface area is 189 Å². The second-order valence-electron chi connectivity index (χ2n) is 9.56. The minimum Gasteiger partial charge on any atom is -0.444 e. The van der Waals surface area contributed by atoms with Crippen LogP contribution in [0, 0.1) is 18.3 Å². The van der Waals surface area contributed by atoms with Gasteiger partial charge in [0, 0.05) is 5.54 Å². The lowest BCUT2D eigenvalue weighted by Gasteiger charge is -2.34. The number of carbonyl (C=O) groups is 3. The molecule has 0 aliphatic carbocycles. The predicted octanol–water partition coefficient (Wildman–Crippen LogP) is 2.19. The SMILES string of the molecule is Cc1cccc(C(C(=O)NC(C)(C)C)N(CC#N)C(=O)C(CO)NC(=O)OC(C)(C)C)c1. The van der Waals surface area contributed by atoms with Crippen LogP contribution in [0.2, 0.25) is 0 Å². The molecule has 3 amide bonds. The minimum atomic E-state index is -1.40. The van der Waals surface area contributed by atoms with Crippen LogP contribution in [-0.2, 0) is 14.3 Å². The predicted molar refractivity (Wildman–Crippen MR) is 119 cm³/mol. The van der Waals surface area contributed by atoms with Crippen molar-refractivity contribution in [2.24, 2.45) is 0 Å². The lowest BCUT2D eigenvalue weighted by atomic mass is 9.99. The molecule has 0 saturated heterocycles. The van der Waals surface area contributed by atoms with Crippen LogP contribution in [0.1, 0.15) is 58.7 Å². The van der Waals surface area contributed by atoms with Crippen LogP contribution >= 0.6 is 0 Å². The average molecular weight is 447 g/mol. The van der Waals surface area contributed by atoms with E-state index in [0.29, 0.717) is 5.56 Å². The van der Waals surface area contributed by atoms with E-state index < -0.39 is 54.3 Å². The summed E-state index contributed by atoms with van der Waals surface area (Å²) in [5.74, 6) is -1.27. The Morgan fingerprint density at radius 3 is 2.28 bits per heavy atom. The third kappa shape index (κ3) is 8.55. The van der Waals surface area contributed by atoms with Crippen LogP contribution < -0.4 is 10.6 Å². The first-order valence-corrected chi connectivity index (χ1v) is 10.3. The Kier molecular flexibility index (Phi) is 9.21. The zero-order chi connectivity index (χ0) is 24.7. The summed E-state index contributed by atoms with van der Waals surface area (Å²) in [4.78, 5) is 39.7. The van der Waals surface area contributed by atoms with Crippen molar-refractivity contribution in [1.29, 1.82) is 5.26 Å². The summed E-state index contributed by atoms with van der Waals surface area (Å²) >= 11 is 0. The van der Waals surface area contributed by atoms with Gasteiger partial charge >= 0.3 is 6.09 Å². The maximum atomic E-state index is 13.3. The lowest BCUT2D eigenvalue weighted by Crippen LogP contribution is -2.55. The topological polar surface area (TPSA) is 132 Å². The molecule has 1 rings (SSSR count). The number of benzene rings is 1. The number of aliphatic hydroxyl groups is 1. The number of nitrogens with zero attached hydrogens (tertiary/aromatic N) is 2. The van der Waals surface area contributed by atoms with E-state index in [-0.39, 0.29) is 0 Å². The average Bonchev–Trinajstić information content (AvgIpc) is 2.62. The van der Waals surface area contributed by atoms with Crippen molar-refractivity contribution in [2.45, 2.75) is 71.7 Å². The van der Waals surface area contributed by atoms with E-state index in [1.54, 1.807) is 59.7 Å². The van der Waals surface area contributed by atoms with Crippen molar-refractivity contribution >= 4 is 17.9 Å². The summed E-state index contributed by atoms with van der Waals surface area (Å²) in [6.07, 6.45) is -0.895. The van der Waals surface area contributed by atoms with Crippen LogP contribution in [0.4, 0.5) is 4.79 Å². The number of aryl methyl sites for hydroxylation is 1. The van der Waals surface area contributed by atoms with Gasteiger partial charge in [0.1, 0.15) is 24.2 Å². The third-order valence-corrected chi connectivity index (χ3v) is 4.11. The van der Waals surface area contributed by atoms with Gasteiger partial charge in [-0.2, -0.15) is 5.26 Å². The zero-order valence-corrected chi connectivity index (χ0v) is 19.9. The van der Waals surface area contributed by atoms with Gasteiger partial charge in [0.05, 0.1) is 12.7 Å². The molecule has 0 bridgehead atoms. The molecule has 2 atom stereocenters. The van der Waals surface area contributed by atoms with E-state index in [4.69, 9.17) is 4.74 Å². The number of nitriles is 1. The van der Waals surface area contributed by atoms with Crippen molar-refractivity contribution in [3.8, 4) is 6.07 Å². The maximum absolute atomic E-state index is 13.3. The molecule has 0 heterocycles. The first-order chi connectivity index (χ1) is 14.7. The second-order valence-corrected chi connectivity index (χ2v) is 9.56. The summed E-state index contributed by atoms with van der Waals surface area (Å²) < 4.78 is 5.16. The van der Waals surface area contributed by atoms with Crippen molar-refractivity contribution in [3.05, 3.63) is 35.4 Å². The minimum absolute atomic E-state index is 0.429. The molecule has 1 aromatic rings. The monoisotopic (exact) mass is 446 g/mol. The highest BCUT2D eigenvalue weighted by Crippen LogP contribution is 2.24. The Morgan fingerprint density at radius 2 is 1.81 bits per heavy atom. The molecular weight excluding hydrogens is 412 g/mol. The fourth-order valence-corrected chi connectivity index (χ4v) is 2.96. The van der Waals surface area contributed by atoms with Gasteiger partial charge in [-0.15, -0.1) is 0 Å². The van der Waals surface area contributed by atoms with Crippen LogP contribution in [-0.4, -0.2) is 58.2 Å². The molecule has 0 radical (unpaired) electrons. The van der Waals surface area contributed by atoms with Gasteiger partial charge in [-0.05, 0) is 54.0 Å². The van der Waals surface area contributed by atoms with Crippen molar-refractivity contribution in [2.75, 3.05) is 13.2 Å². The summed E-state index contributed by atoms with van der Waals surface area (Å²) in [6, 6.07) is 6.40. The van der Waals surface area contributed by atoms with Crippen LogP contribution in [0.5, 0.6) is 0 Å². The molecule has 0 aliphatic heterocycles. The maximum Gasteiger partial charge on any atom is 0.408 e. The summed E-state index contributed by atoms with van der Waals surface area (Å²) in [5, 5.41) is 24.3. The number of hydrogen-bond donors (Lipinski definition) is 3. The molecule has 32 heavy (non-hydrogen) atoms. The molecule has 0 fully saturated rings. The number of hydrogen-bond acceptors (Lipinski definition) is 6. The summed E-state index contributed by atoms with van der Waals surface area (Å²) in [6.45, 7) is 11.1. The highest BCUT2D eigenvalue weighted by molar-refractivity contribution is 5.92. The molecule has 0 saturated carbocycles. The normalized spacial score (nSPS) is 13.3.